The predicted octanol–water partition coefficient (Wildman–Crippen LogP) is 2.10. The van der Waals surface area contributed by atoms with Gasteiger partial charge in [-0.2, -0.15) is 0 Å². The van der Waals surface area contributed by atoms with Crippen molar-refractivity contribution in [3.63, 3.8) is 0 Å². The second-order valence-corrected chi connectivity index (χ2v) is 7.46. The maximum atomic E-state index is 12.2. The molecule has 1 atom stereocenters. The number of nitrogens with zero attached hydrogens (tertiary/aromatic N) is 1. The number of amides is 1. The molecule has 1 amide bonds. The lowest BCUT2D eigenvalue weighted by Crippen LogP contribution is -2.49. The number of hydrogen-bond acceptors (Lipinski definition) is 3. The van der Waals surface area contributed by atoms with Gasteiger partial charge in [0.15, 0.2) is 0 Å². The summed E-state index contributed by atoms with van der Waals surface area (Å²) in [7, 11) is 0. The number of carbonyl (C=O) groups is 1. The summed E-state index contributed by atoms with van der Waals surface area (Å²) in [6, 6.07) is 0. The molecular formula is C14H27N2O3. The monoisotopic (exact) mass is 271 g/mol. The molecule has 1 rings (SSSR count). The molecule has 1 heterocycles. The minimum atomic E-state index is -0.685. The number of rotatable bonds is 3. The molecule has 1 fully saturated rings. The first-order valence-electron chi connectivity index (χ1n) is 6.77. The molecule has 1 radical (unpaired) electrons. The summed E-state index contributed by atoms with van der Waals surface area (Å²) in [5.74, 6) is -0.427. The van der Waals surface area contributed by atoms with Gasteiger partial charge < -0.3 is 10.1 Å². The quantitative estimate of drug-likeness (QED) is 0.800. The van der Waals surface area contributed by atoms with Crippen LogP contribution in [0, 0.1) is 5.92 Å². The number of ether oxygens (including phenoxy) is 1. The van der Waals surface area contributed by atoms with E-state index in [2.05, 4.69) is 5.32 Å². The largest absolute Gasteiger partial charge is 0.356 e. The maximum absolute atomic E-state index is 12.2. The predicted molar refractivity (Wildman–Crippen MR) is 72.6 cm³/mol. The van der Waals surface area contributed by atoms with Crippen molar-refractivity contribution < 1.29 is 14.7 Å². The number of carbonyl (C=O) groups excluding carboxylic acids is 1. The average molecular weight is 271 g/mol. The summed E-state index contributed by atoms with van der Waals surface area (Å²) in [6.45, 7) is 13.4. The third kappa shape index (κ3) is 3.68. The van der Waals surface area contributed by atoms with Crippen LogP contribution >= 0.6 is 0 Å². The van der Waals surface area contributed by atoms with Crippen LogP contribution in [-0.4, -0.2) is 34.4 Å². The van der Waals surface area contributed by atoms with Crippen LogP contribution in [0.15, 0.2) is 0 Å². The first kappa shape index (κ1) is 16.4. The van der Waals surface area contributed by atoms with Crippen molar-refractivity contribution in [2.24, 2.45) is 5.92 Å². The normalized spacial score (nSPS) is 26.4. The molecule has 1 aliphatic rings. The Kier molecular flexibility index (Phi) is 4.35. The van der Waals surface area contributed by atoms with Gasteiger partial charge in [0.05, 0.1) is 17.1 Å². The van der Waals surface area contributed by atoms with Crippen LogP contribution in [0.2, 0.25) is 0 Å². The van der Waals surface area contributed by atoms with Gasteiger partial charge in [0.1, 0.15) is 6.73 Å². The second kappa shape index (κ2) is 5.04. The Labute approximate surface area is 116 Å². The minimum Gasteiger partial charge on any atom is -0.356 e. The van der Waals surface area contributed by atoms with E-state index >= 15 is 0 Å². The Morgan fingerprint density at radius 3 is 2.21 bits per heavy atom. The van der Waals surface area contributed by atoms with Crippen molar-refractivity contribution in [1.82, 2.24) is 10.4 Å². The first-order valence-corrected chi connectivity index (χ1v) is 6.77. The van der Waals surface area contributed by atoms with Crippen LogP contribution in [0.25, 0.3) is 0 Å². The molecule has 1 N–H and O–H groups in total. The van der Waals surface area contributed by atoms with Crippen molar-refractivity contribution >= 4 is 5.91 Å². The molecule has 1 aliphatic heterocycles. The van der Waals surface area contributed by atoms with Gasteiger partial charge in [0.25, 0.3) is 0 Å². The molecule has 0 aromatic rings. The van der Waals surface area contributed by atoms with Crippen LogP contribution in [0.4, 0.5) is 0 Å². The Morgan fingerprint density at radius 1 is 1.32 bits per heavy atom. The average Bonchev–Trinajstić information content (AvgIpc) is 2.37. The highest BCUT2D eigenvalue weighted by Gasteiger charge is 2.55. The molecule has 0 bridgehead atoms. The van der Waals surface area contributed by atoms with Gasteiger partial charge in [0.2, 0.25) is 5.91 Å². The van der Waals surface area contributed by atoms with Crippen LogP contribution < -0.4 is 5.32 Å². The van der Waals surface area contributed by atoms with Crippen LogP contribution in [0.5, 0.6) is 0 Å². The maximum Gasteiger partial charge on any atom is 0.226 e. The molecule has 0 saturated carbocycles. The fraction of sp³-hybridized carbons (Fsp3) is 0.929. The minimum absolute atomic E-state index is 0.110. The van der Waals surface area contributed by atoms with Crippen molar-refractivity contribution in [2.75, 3.05) is 6.73 Å². The van der Waals surface area contributed by atoms with Gasteiger partial charge in [0, 0.05) is 5.54 Å². The molecule has 111 valence electrons. The Hall–Kier alpha value is -0.650. The third-order valence-corrected chi connectivity index (χ3v) is 3.70. The van der Waals surface area contributed by atoms with Crippen molar-refractivity contribution in [2.45, 2.75) is 71.6 Å². The zero-order valence-corrected chi connectivity index (χ0v) is 13.2. The molecule has 5 heteroatoms. The highest BCUT2D eigenvalue weighted by atomic mass is 16.5. The smallest absolute Gasteiger partial charge is 0.226 e. The van der Waals surface area contributed by atoms with Gasteiger partial charge in [-0.15, -0.1) is 10.3 Å². The summed E-state index contributed by atoms with van der Waals surface area (Å²) in [5, 5.41) is 16.0. The zero-order valence-electron chi connectivity index (χ0n) is 13.2. The topological polar surface area (TPSA) is 61.5 Å². The lowest BCUT2D eigenvalue weighted by Gasteiger charge is -2.33. The van der Waals surface area contributed by atoms with E-state index in [4.69, 9.17) is 4.74 Å². The van der Waals surface area contributed by atoms with Gasteiger partial charge in [-0.1, -0.05) is 0 Å². The van der Waals surface area contributed by atoms with Gasteiger partial charge in [-0.3, -0.25) is 4.79 Å². The molecular weight excluding hydrogens is 244 g/mol. The lowest BCUT2D eigenvalue weighted by molar-refractivity contribution is -0.247. The molecule has 0 aromatic heterocycles. The van der Waals surface area contributed by atoms with E-state index < -0.39 is 11.1 Å². The Morgan fingerprint density at radius 2 is 1.84 bits per heavy atom. The third-order valence-electron chi connectivity index (χ3n) is 3.70. The van der Waals surface area contributed by atoms with Crippen LogP contribution in [0.1, 0.15) is 54.9 Å². The molecule has 1 unspecified atom stereocenters. The SMILES string of the molecule is CC(C)(C)OCNC(=O)C1CC(C)(C)N([O])C1(C)C. The summed E-state index contributed by atoms with van der Waals surface area (Å²) >= 11 is 0. The standard InChI is InChI=1S/C14H27N2O3/c1-12(2,3)19-9-15-11(17)10-8-13(4,5)16(18)14(10,6)7/h10H,8-9H2,1-7H3,(H,15,17). The molecule has 0 spiro atoms. The van der Waals surface area contributed by atoms with Gasteiger partial charge in [-0.25, -0.2) is 0 Å². The van der Waals surface area contributed by atoms with Gasteiger partial charge >= 0.3 is 0 Å². The van der Waals surface area contributed by atoms with E-state index in [0.717, 1.165) is 5.06 Å². The summed E-state index contributed by atoms with van der Waals surface area (Å²) in [4.78, 5) is 12.2. The Balaban J connectivity index is 2.63. The van der Waals surface area contributed by atoms with E-state index in [1.54, 1.807) is 0 Å². The molecule has 5 nitrogen and oxygen atoms in total. The summed E-state index contributed by atoms with van der Waals surface area (Å²) < 4.78 is 5.48. The van der Waals surface area contributed by atoms with E-state index in [1.165, 1.54) is 0 Å². The van der Waals surface area contributed by atoms with E-state index in [0.29, 0.717) is 6.42 Å². The molecule has 1 saturated heterocycles. The summed E-state index contributed by atoms with van der Waals surface area (Å²) in [6.07, 6.45) is 0.560. The first-order chi connectivity index (χ1) is 8.38. The Bertz CT molecular complexity index is 345. The number of hydrogen-bond donors (Lipinski definition) is 1. The molecule has 0 aromatic carbocycles. The van der Waals surface area contributed by atoms with E-state index in [1.807, 2.05) is 48.5 Å². The fourth-order valence-corrected chi connectivity index (χ4v) is 2.61. The highest BCUT2D eigenvalue weighted by molar-refractivity contribution is 5.80. The second-order valence-electron chi connectivity index (χ2n) is 7.46. The van der Waals surface area contributed by atoms with Crippen LogP contribution in [0.3, 0.4) is 0 Å². The van der Waals surface area contributed by atoms with Crippen molar-refractivity contribution in [1.29, 1.82) is 0 Å². The van der Waals surface area contributed by atoms with Crippen molar-refractivity contribution in [3.8, 4) is 0 Å². The molecule has 19 heavy (non-hydrogen) atoms. The molecule has 0 aliphatic carbocycles. The number of hydroxylamine groups is 2. The fourth-order valence-electron chi connectivity index (χ4n) is 2.61. The lowest BCUT2D eigenvalue weighted by atomic mass is 9.86. The van der Waals surface area contributed by atoms with Crippen molar-refractivity contribution in [3.05, 3.63) is 0 Å². The summed E-state index contributed by atoms with van der Waals surface area (Å²) in [5.41, 5.74) is -1.48. The highest BCUT2D eigenvalue weighted by Crippen LogP contribution is 2.43. The van der Waals surface area contributed by atoms with Gasteiger partial charge in [-0.05, 0) is 54.9 Å². The van der Waals surface area contributed by atoms with E-state index in [9.17, 15) is 10.0 Å². The number of nitrogens with one attached hydrogen (secondary N) is 1. The van der Waals surface area contributed by atoms with E-state index in [-0.39, 0.29) is 24.2 Å². The zero-order chi connectivity index (χ0) is 15.1. The van der Waals surface area contributed by atoms with Crippen LogP contribution in [-0.2, 0) is 14.7 Å².